The summed E-state index contributed by atoms with van der Waals surface area (Å²) in [4.78, 5) is 23.9. The number of pyridine rings is 2. The quantitative estimate of drug-likeness (QED) is 0.577. The van der Waals surface area contributed by atoms with Crippen LogP contribution in [0.2, 0.25) is 5.02 Å². The molecule has 3 aromatic heterocycles. The van der Waals surface area contributed by atoms with E-state index in [4.69, 9.17) is 26.3 Å². The fraction of sp³-hybridized carbons (Fsp3) is 0.500. The lowest BCUT2D eigenvalue weighted by Gasteiger charge is -2.38. The number of nitrogens with zero attached hydrogens (tertiary/aromatic N) is 6. The molecule has 0 saturated carbocycles. The summed E-state index contributed by atoms with van der Waals surface area (Å²) in [5, 5.41) is 11.2. The Hall–Kier alpha value is -2.20. The third-order valence-electron chi connectivity index (χ3n) is 7.21. The van der Waals surface area contributed by atoms with Crippen LogP contribution in [0.4, 0.5) is 11.6 Å². The Morgan fingerprint density at radius 1 is 1.06 bits per heavy atom. The second kappa shape index (κ2) is 9.11. The number of aliphatic hydroxyl groups is 1. The average molecular weight is 499 g/mol. The Morgan fingerprint density at radius 3 is 2.71 bits per heavy atom. The van der Waals surface area contributed by atoms with Gasteiger partial charge in [0, 0.05) is 43.9 Å². The van der Waals surface area contributed by atoms with Crippen molar-refractivity contribution in [3.63, 3.8) is 0 Å². The molecule has 3 aromatic rings. The number of fused-ring (bicyclic) bond motifs is 1. The fourth-order valence-corrected chi connectivity index (χ4v) is 6.25. The van der Waals surface area contributed by atoms with Gasteiger partial charge in [-0.3, -0.25) is 0 Å². The SMILES string of the molecule is OC1CCN(c2nccc(Sc3ccc4nc(N5CCC6(CCOC6)CC5)cnc4n3)c2Cl)C1. The van der Waals surface area contributed by atoms with Crippen LogP contribution in [0.1, 0.15) is 25.7 Å². The van der Waals surface area contributed by atoms with Gasteiger partial charge in [0.05, 0.1) is 23.9 Å². The molecule has 3 fully saturated rings. The molecule has 0 aliphatic carbocycles. The third kappa shape index (κ3) is 4.30. The molecule has 1 spiro atoms. The van der Waals surface area contributed by atoms with E-state index in [1.54, 1.807) is 6.20 Å². The number of hydrogen-bond donors (Lipinski definition) is 1. The minimum atomic E-state index is -0.331. The Balaban J connectivity index is 1.18. The Bertz CT molecular complexity index is 1200. The molecule has 3 aliphatic heterocycles. The topological polar surface area (TPSA) is 87.5 Å². The summed E-state index contributed by atoms with van der Waals surface area (Å²) in [7, 11) is 0. The molecule has 6 heterocycles. The van der Waals surface area contributed by atoms with Gasteiger partial charge in [-0.1, -0.05) is 23.4 Å². The van der Waals surface area contributed by atoms with Crippen molar-refractivity contribution in [3.8, 4) is 0 Å². The van der Waals surface area contributed by atoms with Crippen molar-refractivity contribution in [2.75, 3.05) is 49.2 Å². The highest BCUT2D eigenvalue weighted by atomic mass is 35.5. The lowest BCUT2D eigenvalue weighted by Crippen LogP contribution is -2.40. The highest BCUT2D eigenvalue weighted by Crippen LogP contribution is 2.40. The van der Waals surface area contributed by atoms with Crippen molar-refractivity contribution in [2.24, 2.45) is 5.41 Å². The molecule has 0 bridgehead atoms. The van der Waals surface area contributed by atoms with Crippen LogP contribution in [-0.2, 0) is 4.74 Å². The molecule has 3 aliphatic rings. The van der Waals surface area contributed by atoms with Crippen LogP contribution in [0.3, 0.4) is 0 Å². The molecular formula is C24H27ClN6O2S. The number of halogens is 1. The molecule has 3 saturated heterocycles. The second-order valence-corrected chi connectivity index (χ2v) is 10.9. The minimum Gasteiger partial charge on any atom is -0.391 e. The van der Waals surface area contributed by atoms with Gasteiger partial charge in [-0.2, -0.15) is 0 Å². The van der Waals surface area contributed by atoms with Crippen LogP contribution in [0, 0.1) is 5.41 Å². The number of aromatic nitrogens is 4. The highest BCUT2D eigenvalue weighted by molar-refractivity contribution is 7.99. The van der Waals surface area contributed by atoms with Gasteiger partial charge in [0.15, 0.2) is 5.65 Å². The Kier molecular flexibility index (Phi) is 5.97. The number of β-amino-alcohol motifs (C(OH)–C–C–N with tert-alkyl or cyclic N) is 1. The predicted octanol–water partition coefficient (Wildman–Crippen LogP) is 3.80. The lowest BCUT2D eigenvalue weighted by atomic mass is 9.78. The summed E-state index contributed by atoms with van der Waals surface area (Å²) in [6.45, 7) is 5.08. The maximum atomic E-state index is 9.86. The molecule has 0 amide bonds. The van der Waals surface area contributed by atoms with Crippen LogP contribution in [0.25, 0.3) is 11.2 Å². The summed E-state index contributed by atoms with van der Waals surface area (Å²) >= 11 is 8.16. The van der Waals surface area contributed by atoms with Crippen LogP contribution in [0.5, 0.6) is 0 Å². The van der Waals surface area contributed by atoms with Gasteiger partial charge in [-0.05, 0) is 49.3 Å². The summed E-state index contributed by atoms with van der Waals surface area (Å²) in [6.07, 6.45) is 7.46. The Labute approximate surface area is 207 Å². The van der Waals surface area contributed by atoms with Crippen LogP contribution in [0.15, 0.2) is 40.5 Å². The third-order valence-corrected chi connectivity index (χ3v) is 8.69. The first-order valence-electron chi connectivity index (χ1n) is 11.8. The van der Waals surface area contributed by atoms with Crippen LogP contribution < -0.4 is 9.80 Å². The van der Waals surface area contributed by atoms with E-state index in [9.17, 15) is 5.11 Å². The molecule has 1 N–H and O–H groups in total. The predicted molar refractivity (Wildman–Crippen MR) is 133 cm³/mol. The normalized spacial score (nSPS) is 22.2. The first-order valence-corrected chi connectivity index (χ1v) is 13.0. The van der Waals surface area contributed by atoms with Crippen molar-refractivity contribution in [1.82, 2.24) is 19.9 Å². The smallest absolute Gasteiger partial charge is 0.179 e. The maximum absolute atomic E-state index is 9.86. The highest BCUT2D eigenvalue weighted by Gasteiger charge is 2.38. The monoisotopic (exact) mass is 498 g/mol. The zero-order chi connectivity index (χ0) is 23.1. The van der Waals surface area contributed by atoms with Crippen LogP contribution in [-0.4, -0.2) is 70.5 Å². The first-order chi connectivity index (χ1) is 16.6. The molecular weight excluding hydrogens is 472 g/mol. The van der Waals surface area contributed by atoms with E-state index in [1.165, 1.54) is 18.2 Å². The van der Waals surface area contributed by atoms with Gasteiger partial charge in [0.2, 0.25) is 0 Å². The molecule has 8 nitrogen and oxygen atoms in total. The first kappa shape index (κ1) is 22.3. The summed E-state index contributed by atoms with van der Waals surface area (Å²) in [5.41, 5.74) is 1.79. The molecule has 34 heavy (non-hydrogen) atoms. The van der Waals surface area contributed by atoms with Crippen molar-refractivity contribution < 1.29 is 9.84 Å². The van der Waals surface area contributed by atoms with Gasteiger partial charge in [-0.25, -0.2) is 19.9 Å². The number of ether oxygens (including phenoxy) is 1. The zero-order valence-electron chi connectivity index (χ0n) is 18.9. The average Bonchev–Trinajstić information content (AvgIpc) is 3.50. The second-order valence-electron chi connectivity index (χ2n) is 9.45. The van der Waals surface area contributed by atoms with Gasteiger partial charge >= 0.3 is 0 Å². The van der Waals surface area contributed by atoms with Crippen molar-refractivity contribution in [2.45, 2.75) is 41.7 Å². The van der Waals surface area contributed by atoms with Gasteiger partial charge in [0.1, 0.15) is 22.2 Å². The van der Waals surface area contributed by atoms with Gasteiger partial charge < -0.3 is 19.6 Å². The molecule has 6 rings (SSSR count). The summed E-state index contributed by atoms with van der Waals surface area (Å²) in [5.74, 6) is 1.62. The van der Waals surface area contributed by atoms with Crippen LogP contribution >= 0.6 is 23.4 Å². The van der Waals surface area contributed by atoms with Gasteiger partial charge in [-0.15, -0.1) is 0 Å². The lowest BCUT2D eigenvalue weighted by molar-refractivity contribution is 0.133. The van der Waals surface area contributed by atoms with E-state index in [0.29, 0.717) is 28.4 Å². The van der Waals surface area contributed by atoms with Crippen molar-refractivity contribution in [3.05, 3.63) is 35.6 Å². The standard InChI is InChI=1S/C24H27ClN6O2S/c25-21-18(3-8-26-23(21)31-9-4-16(32)14-31)34-20-2-1-17-22(29-20)27-13-19(28-17)30-10-5-24(6-11-30)7-12-33-15-24/h1-3,8,13,16,32H,4-7,9-12,14-15H2. The molecule has 178 valence electrons. The molecule has 0 radical (unpaired) electrons. The van der Waals surface area contributed by atoms with E-state index in [1.807, 2.05) is 29.3 Å². The largest absolute Gasteiger partial charge is 0.391 e. The number of piperidine rings is 1. The molecule has 10 heteroatoms. The molecule has 0 aromatic carbocycles. The summed E-state index contributed by atoms with van der Waals surface area (Å²) in [6, 6.07) is 5.83. The van der Waals surface area contributed by atoms with E-state index < -0.39 is 0 Å². The van der Waals surface area contributed by atoms with Crippen molar-refractivity contribution in [1.29, 1.82) is 0 Å². The number of aliphatic hydroxyl groups excluding tert-OH is 1. The number of hydrogen-bond acceptors (Lipinski definition) is 9. The van der Waals surface area contributed by atoms with E-state index in [2.05, 4.69) is 14.9 Å². The summed E-state index contributed by atoms with van der Waals surface area (Å²) < 4.78 is 5.65. The van der Waals surface area contributed by atoms with E-state index in [-0.39, 0.29) is 6.10 Å². The molecule has 1 unspecified atom stereocenters. The number of rotatable bonds is 4. The van der Waals surface area contributed by atoms with Gasteiger partial charge in [0.25, 0.3) is 0 Å². The van der Waals surface area contributed by atoms with E-state index >= 15 is 0 Å². The maximum Gasteiger partial charge on any atom is 0.179 e. The number of anilines is 2. The zero-order valence-corrected chi connectivity index (χ0v) is 20.4. The fourth-order valence-electron chi connectivity index (χ4n) is 5.10. The molecule has 1 atom stereocenters. The Morgan fingerprint density at radius 2 is 1.94 bits per heavy atom. The van der Waals surface area contributed by atoms with E-state index in [0.717, 1.165) is 73.4 Å². The van der Waals surface area contributed by atoms with Crippen molar-refractivity contribution >= 4 is 46.2 Å². The minimum absolute atomic E-state index is 0.331.